The van der Waals surface area contributed by atoms with Gasteiger partial charge in [-0.05, 0) is 25.3 Å². The van der Waals surface area contributed by atoms with E-state index in [0.29, 0.717) is 0 Å². The van der Waals surface area contributed by atoms with Crippen LogP contribution in [0.3, 0.4) is 0 Å². The van der Waals surface area contributed by atoms with Crippen molar-refractivity contribution in [3.8, 4) is 11.3 Å². The lowest BCUT2D eigenvalue weighted by molar-refractivity contribution is 0.941. The van der Waals surface area contributed by atoms with Crippen molar-refractivity contribution in [3.05, 3.63) is 35.4 Å². The number of nitrogens with one attached hydrogen (secondary N) is 2. The van der Waals surface area contributed by atoms with Gasteiger partial charge in [0.15, 0.2) is 5.82 Å². The standard InChI is InChI=1S/C13H15N3/c1-2-14-13-11-8-7-9-5-3-4-6-10(9)12(11)15-16-13/h3-6H,2,7-8H2,1H3,(H2,14,15,16). The van der Waals surface area contributed by atoms with Gasteiger partial charge >= 0.3 is 0 Å². The molecule has 3 rings (SSSR count). The third kappa shape index (κ3) is 1.32. The summed E-state index contributed by atoms with van der Waals surface area (Å²) in [5, 5.41) is 10.8. The molecule has 1 aliphatic rings. The van der Waals surface area contributed by atoms with Gasteiger partial charge in [-0.25, -0.2) is 0 Å². The predicted octanol–water partition coefficient (Wildman–Crippen LogP) is 2.61. The maximum atomic E-state index is 4.35. The summed E-state index contributed by atoms with van der Waals surface area (Å²) in [5.41, 5.74) is 5.25. The van der Waals surface area contributed by atoms with Crippen LogP contribution in [0, 0.1) is 0 Å². The highest BCUT2D eigenvalue weighted by molar-refractivity contribution is 5.74. The average Bonchev–Trinajstić information content (AvgIpc) is 2.73. The van der Waals surface area contributed by atoms with Gasteiger partial charge < -0.3 is 5.32 Å². The van der Waals surface area contributed by atoms with E-state index < -0.39 is 0 Å². The largest absolute Gasteiger partial charge is 0.369 e. The number of benzene rings is 1. The Balaban J connectivity index is 2.12. The minimum atomic E-state index is 0.916. The predicted molar refractivity (Wildman–Crippen MR) is 65.6 cm³/mol. The van der Waals surface area contributed by atoms with Crippen molar-refractivity contribution in [2.45, 2.75) is 19.8 Å². The number of rotatable bonds is 2. The molecule has 2 N–H and O–H groups in total. The smallest absolute Gasteiger partial charge is 0.151 e. The molecule has 0 aliphatic heterocycles. The third-order valence-electron chi connectivity index (χ3n) is 3.14. The van der Waals surface area contributed by atoms with Crippen LogP contribution in [0.4, 0.5) is 5.82 Å². The lowest BCUT2D eigenvalue weighted by Crippen LogP contribution is -2.05. The maximum Gasteiger partial charge on any atom is 0.151 e. The number of hydrogen-bond acceptors (Lipinski definition) is 2. The quantitative estimate of drug-likeness (QED) is 0.805. The van der Waals surface area contributed by atoms with Gasteiger partial charge in [-0.1, -0.05) is 24.3 Å². The zero-order valence-corrected chi connectivity index (χ0v) is 9.38. The first-order valence-electron chi connectivity index (χ1n) is 5.79. The van der Waals surface area contributed by atoms with Crippen LogP contribution in [0.5, 0.6) is 0 Å². The summed E-state index contributed by atoms with van der Waals surface area (Å²) >= 11 is 0. The highest BCUT2D eigenvalue weighted by Crippen LogP contribution is 2.34. The number of aromatic nitrogens is 2. The minimum absolute atomic E-state index is 0.916. The second-order valence-electron chi connectivity index (χ2n) is 4.11. The molecule has 0 bridgehead atoms. The average molecular weight is 213 g/mol. The number of H-pyrrole nitrogens is 1. The van der Waals surface area contributed by atoms with E-state index in [4.69, 9.17) is 0 Å². The van der Waals surface area contributed by atoms with Crippen molar-refractivity contribution in [2.24, 2.45) is 0 Å². The first kappa shape index (κ1) is 9.46. The van der Waals surface area contributed by atoms with Crippen molar-refractivity contribution in [1.82, 2.24) is 10.2 Å². The Morgan fingerprint density at radius 3 is 3.06 bits per heavy atom. The molecule has 0 amide bonds. The first-order chi connectivity index (χ1) is 7.90. The van der Waals surface area contributed by atoms with Crippen LogP contribution >= 0.6 is 0 Å². The Morgan fingerprint density at radius 2 is 2.19 bits per heavy atom. The molecule has 2 aromatic rings. The van der Waals surface area contributed by atoms with Gasteiger partial charge in [0.2, 0.25) is 0 Å². The SMILES string of the molecule is CCNc1n[nH]c2c1CCc1ccccc1-2. The van der Waals surface area contributed by atoms with Crippen LogP contribution in [-0.4, -0.2) is 16.7 Å². The molecule has 3 heteroatoms. The zero-order valence-electron chi connectivity index (χ0n) is 9.38. The van der Waals surface area contributed by atoms with Crippen molar-refractivity contribution < 1.29 is 0 Å². The van der Waals surface area contributed by atoms with E-state index in [1.165, 1.54) is 22.4 Å². The molecule has 1 aliphatic carbocycles. The van der Waals surface area contributed by atoms with Crippen LogP contribution in [0.2, 0.25) is 0 Å². The van der Waals surface area contributed by atoms with E-state index in [1.807, 2.05) is 0 Å². The fraction of sp³-hybridized carbons (Fsp3) is 0.308. The van der Waals surface area contributed by atoms with Gasteiger partial charge in [-0.2, -0.15) is 5.10 Å². The molecule has 1 aromatic carbocycles. The normalized spacial score (nSPS) is 13.1. The molecule has 1 heterocycles. The Bertz CT molecular complexity index is 514. The van der Waals surface area contributed by atoms with Gasteiger partial charge in [0.25, 0.3) is 0 Å². The molecule has 3 nitrogen and oxygen atoms in total. The van der Waals surface area contributed by atoms with Crippen LogP contribution in [0.25, 0.3) is 11.3 Å². The lowest BCUT2D eigenvalue weighted by atomic mass is 9.90. The molecule has 0 spiro atoms. The van der Waals surface area contributed by atoms with Crippen molar-refractivity contribution >= 4 is 5.82 Å². The number of nitrogens with zero attached hydrogens (tertiary/aromatic N) is 1. The Labute approximate surface area is 94.9 Å². The summed E-state index contributed by atoms with van der Waals surface area (Å²) in [4.78, 5) is 0. The van der Waals surface area contributed by atoms with E-state index in [1.54, 1.807) is 0 Å². The fourth-order valence-corrected chi connectivity index (χ4v) is 2.39. The molecule has 0 saturated carbocycles. The van der Waals surface area contributed by atoms with E-state index in [9.17, 15) is 0 Å². The number of aryl methyl sites for hydroxylation is 1. The topological polar surface area (TPSA) is 40.7 Å². The van der Waals surface area contributed by atoms with Crippen LogP contribution < -0.4 is 5.32 Å². The number of aromatic amines is 1. The number of fused-ring (bicyclic) bond motifs is 3. The summed E-state index contributed by atoms with van der Waals surface area (Å²) in [6, 6.07) is 8.56. The highest BCUT2D eigenvalue weighted by atomic mass is 15.2. The van der Waals surface area contributed by atoms with E-state index in [2.05, 4.69) is 46.7 Å². The lowest BCUT2D eigenvalue weighted by Gasteiger charge is -2.16. The summed E-state index contributed by atoms with van der Waals surface area (Å²) in [6.45, 7) is 3.01. The van der Waals surface area contributed by atoms with Crippen molar-refractivity contribution in [2.75, 3.05) is 11.9 Å². The molecule has 1 aromatic heterocycles. The summed E-state index contributed by atoms with van der Waals surface area (Å²) < 4.78 is 0. The highest BCUT2D eigenvalue weighted by Gasteiger charge is 2.20. The molecular formula is C13H15N3. The molecular weight excluding hydrogens is 198 g/mol. The third-order valence-corrected chi connectivity index (χ3v) is 3.14. The number of hydrogen-bond donors (Lipinski definition) is 2. The fourth-order valence-electron chi connectivity index (χ4n) is 2.39. The van der Waals surface area contributed by atoms with Gasteiger partial charge in [0.1, 0.15) is 0 Å². The first-order valence-corrected chi connectivity index (χ1v) is 5.79. The van der Waals surface area contributed by atoms with E-state index in [0.717, 1.165) is 25.2 Å². The molecule has 82 valence electrons. The van der Waals surface area contributed by atoms with Crippen LogP contribution in [0.15, 0.2) is 24.3 Å². The second kappa shape index (κ2) is 3.67. The van der Waals surface area contributed by atoms with Crippen molar-refractivity contribution in [1.29, 1.82) is 0 Å². The van der Waals surface area contributed by atoms with Gasteiger partial charge in [-0.3, -0.25) is 5.10 Å². The van der Waals surface area contributed by atoms with E-state index >= 15 is 0 Å². The zero-order chi connectivity index (χ0) is 11.0. The summed E-state index contributed by atoms with van der Waals surface area (Å²) in [5.74, 6) is 1.02. The van der Waals surface area contributed by atoms with Gasteiger partial charge in [0.05, 0.1) is 5.69 Å². The molecule has 0 atom stereocenters. The molecule has 0 saturated heterocycles. The van der Waals surface area contributed by atoms with Crippen LogP contribution in [0.1, 0.15) is 18.1 Å². The Kier molecular flexibility index (Phi) is 2.17. The van der Waals surface area contributed by atoms with Crippen molar-refractivity contribution in [3.63, 3.8) is 0 Å². The summed E-state index contributed by atoms with van der Waals surface area (Å²) in [7, 11) is 0. The second-order valence-corrected chi connectivity index (χ2v) is 4.11. The summed E-state index contributed by atoms with van der Waals surface area (Å²) in [6.07, 6.45) is 2.19. The Hall–Kier alpha value is -1.77. The molecule has 0 unspecified atom stereocenters. The molecule has 16 heavy (non-hydrogen) atoms. The van der Waals surface area contributed by atoms with Gasteiger partial charge in [0, 0.05) is 17.7 Å². The monoisotopic (exact) mass is 213 g/mol. The molecule has 0 radical (unpaired) electrons. The van der Waals surface area contributed by atoms with E-state index in [-0.39, 0.29) is 0 Å². The number of anilines is 1. The minimum Gasteiger partial charge on any atom is -0.369 e. The van der Waals surface area contributed by atoms with Crippen LogP contribution in [-0.2, 0) is 12.8 Å². The Morgan fingerprint density at radius 1 is 1.31 bits per heavy atom. The molecule has 0 fully saturated rings. The maximum absolute atomic E-state index is 4.35. The van der Waals surface area contributed by atoms with Gasteiger partial charge in [-0.15, -0.1) is 0 Å².